The van der Waals surface area contributed by atoms with Gasteiger partial charge in [0.2, 0.25) is 0 Å². The molecular formula is C23H43N5O2. The number of aliphatic imine (C=N–C) groups is 1. The number of carbonyl (C=O) groups excluding carboxylic acids is 1. The average Bonchev–Trinajstić information content (AvgIpc) is 3.50. The van der Waals surface area contributed by atoms with Crippen LogP contribution >= 0.6 is 0 Å². The zero-order valence-corrected chi connectivity index (χ0v) is 19.8. The summed E-state index contributed by atoms with van der Waals surface area (Å²) in [7, 11) is 4.09. The molecule has 0 aromatic heterocycles. The Balaban J connectivity index is 1.50. The van der Waals surface area contributed by atoms with Gasteiger partial charge >= 0.3 is 6.09 Å². The first-order chi connectivity index (χ1) is 14.2. The summed E-state index contributed by atoms with van der Waals surface area (Å²) in [6, 6.07) is 0.266. The van der Waals surface area contributed by atoms with Crippen LogP contribution < -0.4 is 5.32 Å². The Bertz CT molecular complexity index is 591. The maximum Gasteiger partial charge on any atom is 0.410 e. The molecule has 1 atom stereocenters. The van der Waals surface area contributed by atoms with Crippen molar-refractivity contribution in [3.63, 3.8) is 0 Å². The highest BCUT2D eigenvalue weighted by atomic mass is 16.6. The van der Waals surface area contributed by atoms with Crippen LogP contribution in [0, 0.1) is 11.8 Å². The van der Waals surface area contributed by atoms with Crippen molar-refractivity contribution >= 4 is 12.1 Å². The number of ether oxygens (including phenoxy) is 1. The van der Waals surface area contributed by atoms with Crippen molar-refractivity contribution in [3.8, 4) is 0 Å². The van der Waals surface area contributed by atoms with Crippen molar-refractivity contribution in [2.24, 2.45) is 16.8 Å². The SMILES string of the molecule is CN=C(NCC1CCCN(C)C1)N1CCC(N(CC2CC2)C(=O)OC(C)(C)C)CC1. The van der Waals surface area contributed by atoms with E-state index < -0.39 is 5.60 Å². The third kappa shape index (κ3) is 7.03. The standard InChI is InChI=1S/C23H43N5O2/c1-23(2,3)30-22(29)28(17-18-8-9-18)20-10-13-27(14-11-20)21(24-4)25-15-19-7-6-12-26(5)16-19/h18-20H,6-17H2,1-5H3,(H,24,25). The summed E-state index contributed by atoms with van der Waals surface area (Å²) < 4.78 is 5.72. The Morgan fingerprint density at radius 1 is 1.10 bits per heavy atom. The summed E-state index contributed by atoms with van der Waals surface area (Å²) in [5.41, 5.74) is -0.446. The number of hydrogen-bond acceptors (Lipinski definition) is 4. The highest BCUT2D eigenvalue weighted by Gasteiger charge is 2.35. The van der Waals surface area contributed by atoms with Crippen LogP contribution in [0.25, 0.3) is 0 Å². The van der Waals surface area contributed by atoms with E-state index in [1.54, 1.807) is 0 Å². The predicted octanol–water partition coefficient (Wildman–Crippen LogP) is 3.02. The average molecular weight is 422 g/mol. The summed E-state index contributed by atoms with van der Waals surface area (Å²) in [5.74, 6) is 2.37. The number of amides is 1. The van der Waals surface area contributed by atoms with Crippen molar-refractivity contribution in [1.82, 2.24) is 20.0 Å². The highest BCUT2D eigenvalue weighted by molar-refractivity contribution is 5.80. The van der Waals surface area contributed by atoms with Gasteiger partial charge < -0.3 is 24.8 Å². The second kappa shape index (κ2) is 10.2. The Labute approximate surface area is 183 Å². The van der Waals surface area contributed by atoms with Crippen LogP contribution in [-0.4, -0.2) is 91.8 Å². The molecule has 0 aromatic rings. The Morgan fingerprint density at radius 2 is 1.80 bits per heavy atom. The van der Waals surface area contributed by atoms with Crippen LogP contribution in [0.2, 0.25) is 0 Å². The number of rotatable bonds is 5. The molecule has 1 N–H and O–H groups in total. The fraction of sp³-hybridized carbons (Fsp3) is 0.913. The molecule has 0 bridgehead atoms. The number of likely N-dealkylation sites (tertiary alicyclic amines) is 2. The minimum absolute atomic E-state index is 0.142. The molecule has 1 unspecified atom stereocenters. The van der Waals surface area contributed by atoms with E-state index in [0.717, 1.165) is 51.5 Å². The lowest BCUT2D eigenvalue weighted by atomic mass is 9.98. The fourth-order valence-electron chi connectivity index (χ4n) is 4.67. The molecule has 172 valence electrons. The lowest BCUT2D eigenvalue weighted by Gasteiger charge is -2.40. The smallest absolute Gasteiger partial charge is 0.410 e. The summed E-state index contributed by atoms with van der Waals surface area (Å²) in [4.78, 5) is 24.2. The third-order valence-electron chi connectivity index (χ3n) is 6.47. The number of piperidine rings is 2. The number of nitrogens with zero attached hydrogens (tertiary/aromatic N) is 4. The van der Waals surface area contributed by atoms with Gasteiger partial charge in [-0.1, -0.05) is 0 Å². The second-order valence-corrected chi connectivity index (χ2v) is 10.5. The Morgan fingerprint density at radius 3 is 2.37 bits per heavy atom. The van der Waals surface area contributed by atoms with Gasteiger partial charge in [0, 0.05) is 45.8 Å². The summed E-state index contributed by atoms with van der Waals surface area (Å²) in [5, 5.41) is 3.61. The van der Waals surface area contributed by atoms with Crippen molar-refractivity contribution in [1.29, 1.82) is 0 Å². The van der Waals surface area contributed by atoms with Crippen LogP contribution in [0.5, 0.6) is 0 Å². The van der Waals surface area contributed by atoms with Crippen molar-refractivity contribution in [2.75, 3.05) is 53.4 Å². The molecule has 2 aliphatic heterocycles. The first-order valence-electron chi connectivity index (χ1n) is 11.9. The van der Waals surface area contributed by atoms with Gasteiger partial charge in [-0.25, -0.2) is 4.79 Å². The van der Waals surface area contributed by atoms with Crippen LogP contribution in [0.1, 0.15) is 59.3 Å². The van der Waals surface area contributed by atoms with Gasteiger partial charge in [-0.05, 0) is 84.7 Å². The molecule has 3 rings (SSSR count). The van der Waals surface area contributed by atoms with E-state index in [1.165, 1.54) is 32.2 Å². The summed E-state index contributed by atoms with van der Waals surface area (Å²) in [6.07, 6.45) is 6.86. The van der Waals surface area contributed by atoms with Crippen LogP contribution in [-0.2, 0) is 4.74 Å². The normalized spacial score (nSPS) is 24.6. The quantitative estimate of drug-likeness (QED) is 0.546. The van der Waals surface area contributed by atoms with Gasteiger partial charge in [-0.15, -0.1) is 0 Å². The third-order valence-corrected chi connectivity index (χ3v) is 6.47. The van der Waals surface area contributed by atoms with E-state index in [0.29, 0.717) is 11.8 Å². The van der Waals surface area contributed by atoms with Crippen molar-refractivity contribution in [3.05, 3.63) is 0 Å². The van der Waals surface area contributed by atoms with Crippen molar-refractivity contribution < 1.29 is 9.53 Å². The van der Waals surface area contributed by atoms with Crippen LogP contribution in [0.15, 0.2) is 4.99 Å². The van der Waals surface area contributed by atoms with E-state index >= 15 is 0 Å². The molecule has 30 heavy (non-hydrogen) atoms. The largest absolute Gasteiger partial charge is 0.444 e. The number of nitrogens with one attached hydrogen (secondary N) is 1. The molecule has 7 nitrogen and oxygen atoms in total. The molecule has 3 aliphatic rings. The maximum absolute atomic E-state index is 12.8. The summed E-state index contributed by atoms with van der Waals surface area (Å²) >= 11 is 0. The second-order valence-electron chi connectivity index (χ2n) is 10.5. The lowest BCUT2D eigenvalue weighted by molar-refractivity contribution is 0.00927. The van der Waals surface area contributed by atoms with E-state index in [-0.39, 0.29) is 12.1 Å². The van der Waals surface area contributed by atoms with Gasteiger partial charge in [0.25, 0.3) is 0 Å². The van der Waals surface area contributed by atoms with Crippen molar-refractivity contribution in [2.45, 2.75) is 70.9 Å². The molecule has 2 saturated heterocycles. The van der Waals surface area contributed by atoms with Gasteiger partial charge in [-0.3, -0.25) is 4.99 Å². The van der Waals surface area contributed by atoms with Gasteiger partial charge in [0.15, 0.2) is 5.96 Å². The zero-order chi connectivity index (χ0) is 21.7. The molecule has 1 amide bonds. The Kier molecular flexibility index (Phi) is 7.88. The minimum Gasteiger partial charge on any atom is -0.444 e. The van der Waals surface area contributed by atoms with E-state index in [1.807, 2.05) is 32.7 Å². The van der Waals surface area contributed by atoms with Crippen LogP contribution in [0.4, 0.5) is 4.79 Å². The maximum atomic E-state index is 12.8. The van der Waals surface area contributed by atoms with Gasteiger partial charge in [0.1, 0.15) is 5.60 Å². The molecule has 0 radical (unpaired) electrons. The minimum atomic E-state index is -0.446. The van der Waals surface area contributed by atoms with Crippen LogP contribution in [0.3, 0.4) is 0 Å². The highest BCUT2D eigenvalue weighted by Crippen LogP contribution is 2.32. The molecular weight excluding hydrogens is 378 g/mol. The fourth-order valence-corrected chi connectivity index (χ4v) is 4.67. The molecule has 1 saturated carbocycles. The Hall–Kier alpha value is -1.50. The number of guanidine groups is 1. The van der Waals surface area contributed by atoms with E-state index in [4.69, 9.17) is 4.74 Å². The predicted molar refractivity (Wildman–Crippen MR) is 122 cm³/mol. The number of carbonyl (C=O) groups is 1. The molecule has 7 heteroatoms. The van der Waals surface area contributed by atoms with Gasteiger partial charge in [-0.2, -0.15) is 0 Å². The lowest BCUT2D eigenvalue weighted by Crippen LogP contribution is -2.53. The van der Waals surface area contributed by atoms with Gasteiger partial charge in [0.05, 0.1) is 0 Å². The molecule has 0 aromatic carbocycles. The molecule has 1 aliphatic carbocycles. The summed E-state index contributed by atoms with van der Waals surface area (Å²) in [6.45, 7) is 11.9. The monoisotopic (exact) mass is 421 g/mol. The van der Waals surface area contributed by atoms with E-state index in [9.17, 15) is 4.79 Å². The van der Waals surface area contributed by atoms with E-state index in [2.05, 4.69) is 27.2 Å². The zero-order valence-electron chi connectivity index (χ0n) is 19.8. The molecule has 3 fully saturated rings. The number of hydrogen-bond donors (Lipinski definition) is 1. The molecule has 2 heterocycles. The first kappa shape index (κ1) is 23.2. The molecule has 0 spiro atoms. The first-order valence-corrected chi connectivity index (χ1v) is 11.9. The topological polar surface area (TPSA) is 60.4 Å².